The molecule has 6 rings (SSSR count). The van der Waals surface area contributed by atoms with E-state index in [1.165, 1.54) is 29.4 Å². The summed E-state index contributed by atoms with van der Waals surface area (Å²) in [6, 6.07) is 9.58. The van der Waals surface area contributed by atoms with Gasteiger partial charge >= 0.3 is 11.9 Å². The number of fused-ring (bicyclic) bond motifs is 1. The van der Waals surface area contributed by atoms with Crippen molar-refractivity contribution >= 4 is 5.52 Å². The van der Waals surface area contributed by atoms with E-state index in [2.05, 4.69) is 20.2 Å². The van der Waals surface area contributed by atoms with Crippen LogP contribution in [0.3, 0.4) is 0 Å². The third-order valence-electron chi connectivity index (χ3n) is 7.10. The highest BCUT2D eigenvalue weighted by Crippen LogP contribution is 2.44. The van der Waals surface area contributed by atoms with Crippen LogP contribution in [0.4, 0.5) is 13.2 Å². The summed E-state index contributed by atoms with van der Waals surface area (Å²) in [5, 5.41) is 8.45. The number of halogens is 3. The van der Waals surface area contributed by atoms with Gasteiger partial charge in [0.05, 0.1) is 22.5 Å². The van der Waals surface area contributed by atoms with Crippen LogP contribution < -0.4 is 5.69 Å². The highest BCUT2D eigenvalue weighted by molar-refractivity contribution is 5.65. The predicted octanol–water partition coefficient (Wildman–Crippen LogP) is 4.63. The fraction of sp³-hybridized carbons (Fsp3) is 0.269. The fourth-order valence-electron chi connectivity index (χ4n) is 5.08. The van der Waals surface area contributed by atoms with Crippen molar-refractivity contribution in [2.24, 2.45) is 13.0 Å². The van der Waals surface area contributed by atoms with E-state index in [0.29, 0.717) is 17.3 Å². The molecule has 4 aromatic heterocycles. The van der Waals surface area contributed by atoms with Crippen LogP contribution in [0.2, 0.25) is 0 Å². The SMILES string of the molecule is Cn1cnnc1[C@H](c1cc(-c2ccncn2)cc(-n2cc3c(C(F)(F)F)cccn3c2=O)c1)C1CCC1. The first-order valence-corrected chi connectivity index (χ1v) is 11.9. The second-order valence-corrected chi connectivity index (χ2v) is 9.33. The van der Waals surface area contributed by atoms with Gasteiger partial charge in [-0.05, 0) is 60.7 Å². The number of nitrogens with zero attached hydrogens (tertiary/aromatic N) is 7. The lowest BCUT2D eigenvalue weighted by atomic mass is 9.72. The maximum atomic E-state index is 13.7. The predicted molar refractivity (Wildman–Crippen MR) is 129 cm³/mol. The molecule has 11 heteroatoms. The maximum absolute atomic E-state index is 13.7. The van der Waals surface area contributed by atoms with Crippen molar-refractivity contribution in [3.05, 3.63) is 95.1 Å². The van der Waals surface area contributed by atoms with Crippen LogP contribution in [0.5, 0.6) is 0 Å². The molecule has 1 saturated carbocycles. The molecular formula is C26H22F3N7O. The first-order chi connectivity index (χ1) is 17.8. The zero-order valence-corrected chi connectivity index (χ0v) is 19.8. The van der Waals surface area contributed by atoms with Crippen molar-refractivity contribution in [3.63, 3.8) is 0 Å². The van der Waals surface area contributed by atoms with Gasteiger partial charge in [-0.1, -0.05) is 6.42 Å². The number of rotatable bonds is 5. The van der Waals surface area contributed by atoms with Crippen molar-refractivity contribution < 1.29 is 13.2 Å². The van der Waals surface area contributed by atoms with Crippen molar-refractivity contribution in [1.82, 2.24) is 33.7 Å². The molecule has 8 nitrogen and oxygen atoms in total. The van der Waals surface area contributed by atoms with Crippen molar-refractivity contribution in [3.8, 4) is 16.9 Å². The molecule has 4 heterocycles. The van der Waals surface area contributed by atoms with Crippen LogP contribution in [0.25, 0.3) is 22.5 Å². The van der Waals surface area contributed by atoms with Crippen LogP contribution in [-0.2, 0) is 13.2 Å². The molecule has 0 N–H and O–H groups in total. The van der Waals surface area contributed by atoms with Gasteiger partial charge in [-0.15, -0.1) is 10.2 Å². The van der Waals surface area contributed by atoms with E-state index in [1.807, 2.05) is 23.7 Å². The molecule has 1 aliphatic rings. The van der Waals surface area contributed by atoms with Crippen LogP contribution in [0.15, 0.2) is 72.4 Å². The summed E-state index contributed by atoms with van der Waals surface area (Å²) >= 11 is 0. The number of aryl methyl sites for hydroxylation is 1. The average Bonchev–Trinajstić information content (AvgIpc) is 3.43. The number of pyridine rings is 1. The monoisotopic (exact) mass is 505 g/mol. The van der Waals surface area contributed by atoms with Gasteiger partial charge in [-0.3, -0.25) is 8.97 Å². The van der Waals surface area contributed by atoms with Crippen LogP contribution in [-0.4, -0.2) is 33.7 Å². The Labute approximate surface area is 209 Å². The van der Waals surface area contributed by atoms with E-state index < -0.39 is 17.4 Å². The number of aromatic nitrogens is 7. The van der Waals surface area contributed by atoms with Gasteiger partial charge in [0.15, 0.2) is 0 Å². The minimum atomic E-state index is -4.60. The zero-order chi connectivity index (χ0) is 25.7. The van der Waals surface area contributed by atoms with Crippen LogP contribution >= 0.6 is 0 Å². The third-order valence-corrected chi connectivity index (χ3v) is 7.10. The van der Waals surface area contributed by atoms with Gasteiger partial charge in [0.1, 0.15) is 18.5 Å². The number of hydrogen-bond acceptors (Lipinski definition) is 5. The summed E-state index contributed by atoms with van der Waals surface area (Å²) in [6.07, 6.45) is 5.86. The summed E-state index contributed by atoms with van der Waals surface area (Å²) in [5.74, 6) is 1.03. The number of hydrogen-bond donors (Lipinski definition) is 0. The van der Waals surface area contributed by atoms with Gasteiger partial charge in [0.2, 0.25) is 0 Å². The van der Waals surface area contributed by atoms with E-state index in [-0.39, 0.29) is 11.4 Å². The maximum Gasteiger partial charge on any atom is 0.418 e. The Morgan fingerprint density at radius 3 is 2.62 bits per heavy atom. The third kappa shape index (κ3) is 4.00. The van der Waals surface area contributed by atoms with E-state index in [0.717, 1.165) is 46.7 Å². The van der Waals surface area contributed by atoms with Gasteiger partial charge in [-0.2, -0.15) is 13.2 Å². The van der Waals surface area contributed by atoms with E-state index in [9.17, 15) is 18.0 Å². The van der Waals surface area contributed by atoms with Gasteiger partial charge < -0.3 is 4.57 Å². The minimum absolute atomic E-state index is 0.0970. The summed E-state index contributed by atoms with van der Waals surface area (Å²) in [4.78, 5) is 21.7. The molecule has 0 aliphatic heterocycles. The standard InChI is InChI=1S/C26H22F3N7O/c1-34-15-32-33-24(34)23(16-4-2-5-16)18-10-17(21-7-8-30-14-31-21)11-19(12-18)36-13-22-20(26(27,28)29)6-3-9-35(22)25(36)37/h3,6-16,23H,2,4-5H2,1H3/t23-/m0/s1. The molecule has 5 aromatic rings. The van der Waals surface area contributed by atoms with E-state index >= 15 is 0 Å². The Kier molecular flexibility index (Phi) is 5.43. The molecule has 1 aromatic carbocycles. The number of alkyl halides is 3. The minimum Gasteiger partial charge on any atom is -0.320 e. The second kappa shape index (κ2) is 8.68. The number of benzene rings is 1. The molecule has 1 atom stereocenters. The first kappa shape index (κ1) is 23.1. The Bertz CT molecular complexity index is 1650. The molecule has 1 fully saturated rings. The molecule has 0 bridgehead atoms. The molecule has 0 saturated heterocycles. The van der Waals surface area contributed by atoms with Crippen LogP contribution in [0, 0.1) is 5.92 Å². The topological polar surface area (TPSA) is 82.9 Å². The number of imidazole rings is 1. The van der Waals surface area contributed by atoms with Gasteiger partial charge in [-0.25, -0.2) is 14.8 Å². The van der Waals surface area contributed by atoms with Crippen molar-refractivity contribution in [2.45, 2.75) is 31.4 Å². The zero-order valence-electron chi connectivity index (χ0n) is 19.8. The van der Waals surface area contributed by atoms with Crippen LogP contribution in [0.1, 0.15) is 42.1 Å². The lowest BCUT2D eigenvalue weighted by Crippen LogP contribution is -2.24. The Morgan fingerprint density at radius 2 is 1.97 bits per heavy atom. The molecule has 0 amide bonds. The molecule has 0 spiro atoms. The molecule has 188 valence electrons. The molecule has 0 unspecified atom stereocenters. The molecule has 0 radical (unpaired) electrons. The van der Waals surface area contributed by atoms with Gasteiger partial charge in [0, 0.05) is 37.1 Å². The summed E-state index contributed by atoms with van der Waals surface area (Å²) < 4.78 is 45.2. The normalized spacial score (nSPS) is 15.1. The lowest BCUT2D eigenvalue weighted by Gasteiger charge is -2.33. The summed E-state index contributed by atoms with van der Waals surface area (Å²) in [6.45, 7) is 0. The second-order valence-electron chi connectivity index (χ2n) is 9.33. The van der Waals surface area contributed by atoms with Crippen molar-refractivity contribution in [1.29, 1.82) is 0 Å². The quantitative estimate of drug-likeness (QED) is 0.348. The molecule has 37 heavy (non-hydrogen) atoms. The Balaban J connectivity index is 1.59. The highest BCUT2D eigenvalue weighted by Gasteiger charge is 2.35. The lowest BCUT2D eigenvalue weighted by molar-refractivity contribution is -0.136. The fourth-order valence-corrected chi connectivity index (χ4v) is 5.08. The molecule has 1 aliphatic carbocycles. The van der Waals surface area contributed by atoms with E-state index in [4.69, 9.17) is 0 Å². The first-order valence-electron chi connectivity index (χ1n) is 11.9. The molecular weight excluding hydrogens is 483 g/mol. The average molecular weight is 506 g/mol. The van der Waals surface area contributed by atoms with Gasteiger partial charge in [0.25, 0.3) is 0 Å². The Morgan fingerprint density at radius 1 is 1.14 bits per heavy atom. The largest absolute Gasteiger partial charge is 0.418 e. The van der Waals surface area contributed by atoms with Crippen molar-refractivity contribution in [2.75, 3.05) is 0 Å². The Hall–Kier alpha value is -4.28. The highest BCUT2D eigenvalue weighted by atomic mass is 19.4. The smallest absolute Gasteiger partial charge is 0.320 e. The van der Waals surface area contributed by atoms with E-state index in [1.54, 1.807) is 24.7 Å². The summed E-state index contributed by atoms with van der Waals surface area (Å²) in [5.41, 5.74) is 1.02. The summed E-state index contributed by atoms with van der Waals surface area (Å²) in [7, 11) is 1.89.